The Morgan fingerprint density at radius 3 is 2.57 bits per heavy atom. The van der Waals surface area contributed by atoms with Crippen molar-refractivity contribution >= 4 is 17.8 Å². The summed E-state index contributed by atoms with van der Waals surface area (Å²) < 4.78 is 5.04. The van der Waals surface area contributed by atoms with Crippen LogP contribution < -0.4 is 10.2 Å². The monoisotopic (exact) mass is 313 g/mol. The summed E-state index contributed by atoms with van der Waals surface area (Å²) >= 11 is 0. The highest BCUT2D eigenvalue weighted by Crippen LogP contribution is 2.20. The van der Waals surface area contributed by atoms with Crippen molar-refractivity contribution in [3.63, 3.8) is 0 Å². The van der Waals surface area contributed by atoms with Gasteiger partial charge in [-0.1, -0.05) is 6.07 Å². The van der Waals surface area contributed by atoms with E-state index in [1.807, 2.05) is 0 Å². The number of carbonyl (C=O) groups is 1. The lowest BCUT2D eigenvalue weighted by molar-refractivity contribution is -0.385. The first-order valence-corrected chi connectivity index (χ1v) is 6.74. The topological polar surface area (TPSA) is 93.8 Å². The number of hydrazone groups is 1. The summed E-state index contributed by atoms with van der Waals surface area (Å²) in [6.07, 6.45) is 1.48. The van der Waals surface area contributed by atoms with Gasteiger partial charge in [-0.2, -0.15) is 5.10 Å². The third-order valence-corrected chi connectivity index (χ3v) is 3.24. The lowest BCUT2D eigenvalue weighted by Gasteiger charge is -2.04. The molecule has 0 spiro atoms. The van der Waals surface area contributed by atoms with Crippen molar-refractivity contribution in [1.82, 2.24) is 5.43 Å². The van der Waals surface area contributed by atoms with Crippen LogP contribution in [-0.4, -0.2) is 24.2 Å². The van der Waals surface area contributed by atoms with E-state index >= 15 is 0 Å². The number of hydrogen-bond acceptors (Lipinski definition) is 5. The fourth-order valence-electron chi connectivity index (χ4n) is 1.98. The maximum absolute atomic E-state index is 12.1. The number of ether oxygens (including phenoxy) is 1. The Labute approximate surface area is 132 Å². The highest BCUT2D eigenvalue weighted by molar-refractivity contribution is 5.97. The predicted octanol–water partition coefficient (Wildman–Crippen LogP) is 2.68. The van der Waals surface area contributed by atoms with E-state index in [-0.39, 0.29) is 11.3 Å². The molecular weight excluding hydrogens is 298 g/mol. The van der Waals surface area contributed by atoms with E-state index in [4.69, 9.17) is 4.74 Å². The van der Waals surface area contributed by atoms with Crippen LogP contribution in [0, 0.1) is 17.0 Å². The van der Waals surface area contributed by atoms with Gasteiger partial charge < -0.3 is 4.74 Å². The number of nitrogens with zero attached hydrogens (tertiary/aromatic N) is 2. The normalized spacial score (nSPS) is 10.5. The van der Waals surface area contributed by atoms with Gasteiger partial charge in [-0.05, 0) is 42.8 Å². The average molecular weight is 313 g/mol. The maximum Gasteiger partial charge on any atom is 0.273 e. The Morgan fingerprint density at radius 2 is 1.96 bits per heavy atom. The minimum Gasteiger partial charge on any atom is -0.497 e. The van der Waals surface area contributed by atoms with Gasteiger partial charge in [-0.15, -0.1) is 0 Å². The standard InChI is InChI=1S/C16H15N3O4/c1-11-14(4-3-5-15(11)19(21)22)16(20)18-17-10-12-6-8-13(23-2)9-7-12/h3-10H,1-2H3,(H,18,20)/b17-10-. The number of benzene rings is 2. The van der Waals surface area contributed by atoms with Gasteiger partial charge in [0.25, 0.3) is 11.6 Å². The lowest BCUT2D eigenvalue weighted by atomic mass is 10.1. The number of rotatable bonds is 5. The Balaban J connectivity index is 2.08. The van der Waals surface area contributed by atoms with Crippen LogP contribution in [0.15, 0.2) is 47.6 Å². The van der Waals surface area contributed by atoms with Crippen molar-refractivity contribution < 1.29 is 14.5 Å². The molecule has 0 bridgehead atoms. The van der Waals surface area contributed by atoms with Crippen LogP contribution >= 0.6 is 0 Å². The fourth-order valence-corrected chi connectivity index (χ4v) is 1.98. The summed E-state index contributed by atoms with van der Waals surface area (Å²) in [5.41, 5.74) is 3.55. The number of amides is 1. The lowest BCUT2D eigenvalue weighted by Crippen LogP contribution is -2.19. The van der Waals surface area contributed by atoms with Crippen LogP contribution in [0.2, 0.25) is 0 Å². The van der Waals surface area contributed by atoms with Crippen molar-refractivity contribution in [2.24, 2.45) is 5.10 Å². The Kier molecular flexibility index (Phi) is 5.03. The molecule has 2 aromatic rings. The van der Waals surface area contributed by atoms with E-state index in [0.717, 1.165) is 11.3 Å². The van der Waals surface area contributed by atoms with Crippen molar-refractivity contribution in [2.75, 3.05) is 7.11 Å². The van der Waals surface area contributed by atoms with Gasteiger partial charge in [0.2, 0.25) is 0 Å². The van der Waals surface area contributed by atoms with Gasteiger partial charge in [-0.3, -0.25) is 14.9 Å². The SMILES string of the molecule is COc1ccc(/C=N\NC(=O)c2cccc([N+](=O)[O-])c2C)cc1. The minimum absolute atomic E-state index is 0.100. The predicted molar refractivity (Wildman–Crippen MR) is 85.9 cm³/mol. The summed E-state index contributed by atoms with van der Waals surface area (Å²) in [5, 5.41) is 14.7. The van der Waals surface area contributed by atoms with Crippen molar-refractivity contribution in [1.29, 1.82) is 0 Å². The highest BCUT2D eigenvalue weighted by atomic mass is 16.6. The molecule has 0 aromatic heterocycles. The van der Waals surface area contributed by atoms with E-state index in [1.165, 1.54) is 31.3 Å². The van der Waals surface area contributed by atoms with Gasteiger partial charge >= 0.3 is 0 Å². The van der Waals surface area contributed by atoms with E-state index in [2.05, 4.69) is 10.5 Å². The molecule has 1 N–H and O–H groups in total. The molecule has 0 atom stereocenters. The van der Waals surface area contributed by atoms with E-state index in [9.17, 15) is 14.9 Å². The molecular formula is C16H15N3O4. The van der Waals surface area contributed by atoms with Gasteiger partial charge in [0.15, 0.2) is 0 Å². The molecule has 0 aliphatic rings. The van der Waals surface area contributed by atoms with Gasteiger partial charge in [0.1, 0.15) is 5.75 Å². The van der Waals surface area contributed by atoms with Crippen LogP contribution in [0.3, 0.4) is 0 Å². The molecule has 1 amide bonds. The molecule has 118 valence electrons. The fraction of sp³-hybridized carbons (Fsp3) is 0.125. The zero-order valence-corrected chi connectivity index (χ0v) is 12.6. The van der Waals surface area contributed by atoms with Crippen molar-refractivity contribution in [2.45, 2.75) is 6.92 Å². The largest absolute Gasteiger partial charge is 0.497 e. The first-order chi connectivity index (χ1) is 11.0. The molecule has 2 rings (SSSR count). The molecule has 23 heavy (non-hydrogen) atoms. The van der Waals surface area contributed by atoms with Crippen LogP contribution in [0.4, 0.5) is 5.69 Å². The van der Waals surface area contributed by atoms with Crippen LogP contribution in [-0.2, 0) is 0 Å². The number of carbonyl (C=O) groups excluding carboxylic acids is 1. The second-order valence-corrected chi connectivity index (χ2v) is 4.68. The smallest absolute Gasteiger partial charge is 0.273 e. The van der Waals surface area contributed by atoms with E-state index in [1.54, 1.807) is 31.4 Å². The molecule has 0 aliphatic carbocycles. The average Bonchev–Trinajstić information content (AvgIpc) is 2.55. The van der Waals surface area contributed by atoms with Crippen LogP contribution in [0.5, 0.6) is 5.75 Å². The maximum atomic E-state index is 12.1. The third kappa shape index (κ3) is 3.91. The molecule has 7 heteroatoms. The van der Waals surface area contributed by atoms with E-state index < -0.39 is 10.8 Å². The molecule has 0 fully saturated rings. The second kappa shape index (κ2) is 7.17. The first-order valence-electron chi connectivity index (χ1n) is 6.74. The van der Waals surface area contributed by atoms with Crippen molar-refractivity contribution in [3.05, 3.63) is 69.3 Å². The van der Waals surface area contributed by atoms with Gasteiger partial charge in [-0.25, -0.2) is 5.43 Å². The first kappa shape index (κ1) is 16.2. The van der Waals surface area contributed by atoms with Crippen LogP contribution in [0.25, 0.3) is 0 Å². The summed E-state index contributed by atoms with van der Waals surface area (Å²) in [6.45, 7) is 1.53. The Morgan fingerprint density at radius 1 is 1.26 bits per heavy atom. The summed E-state index contributed by atoms with van der Waals surface area (Å²) in [4.78, 5) is 22.4. The number of methoxy groups -OCH3 is 1. The summed E-state index contributed by atoms with van der Waals surface area (Å²) in [7, 11) is 1.57. The number of nitrogens with one attached hydrogen (secondary N) is 1. The van der Waals surface area contributed by atoms with Crippen molar-refractivity contribution in [3.8, 4) is 5.75 Å². The number of nitro benzene ring substituents is 1. The third-order valence-electron chi connectivity index (χ3n) is 3.24. The van der Waals surface area contributed by atoms with Gasteiger partial charge in [0.05, 0.1) is 23.8 Å². The molecule has 0 radical (unpaired) electrons. The molecule has 7 nitrogen and oxygen atoms in total. The molecule has 0 saturated carbocycles. The summed E-state index contributed by atoms with van der Waals surface area (Å²) in [6, 6.07) is 11.4. The van der Waals surface area contributed by atoms with E-state index in [0.29, 0.717) is 5.56 Å². The number of nitro groups is 1. The zero-order chi connectivity index (χ0) is 16.8. The molecule has 0 aliphatic heterocycles. The number of hydrogen-bond donors (Lipinski definition) is 1. The quantitative estimate of drug-likeness (QED) is 0.521. The molecule has 0 unspecified atom stereocenters. The minimum atomic E-state index is -0.521. The second-order valence-electron chi connectivity index (χ2n) is 4.68. The Hall–Kier alpha value is -3.22. The van der Waals surface area contributed by atoms with Gasteiger partial charge in [0, 0.05) is 11.6 Å². The summed E-state index contributed by atoms with van der Waals surface area (Å²) in [5.74, 6) is 0.217. The van der Waals surface area contributed by atoms with Crippen LogP contribution in [0.1, 0.15) is 21.5 Å². The highest BCUT2D eigenvalue weighted by Gasteiger charge is 2.17. The Bertz CT molecular complexity index is 754. The molecule has 0 saturated heterocycles. The zero-order valence-electron chi connectivity index (χ0n) is 12.6. The molecule has 2 aromatic carbocycles. The molecule has 0 heterocycles.